The van der Waals surface area contributed by atoms with Crippen molar-refractivity contribution in [3.8, 4) is 10.6 Å². The molecule has 0 aliphatic rings. The van der Waals surface area contributed by atoms with E-state index in [1.165, 1.54) is 11.3 Å². The van der Waals surface area contributed by atoms with E-state index < -0.39 is 0 Å². The third-order valence-corrected chi connectivity index (χ3v) is 3.89. The van der Waals surface area contributed by atoms with Crippen LogP contribution in [0.1, 0.15) is 16.9 Å². The lowest BCUT2D eigenvalue weighted by molar-refractivity contribution is 0.0944. The number of aromatic nitrogens is 1. The summed E-state index contributed by atoms with van der Waals surface area (Å²) < 4.78 is 4.92. The predicted molar refractivity (Wildman–Crippen MR) is 74.3 cm³/mol. The summed E-state index contributed by atoms with van der Waals surface area (Å²) in [7, 11) is 1.65. The van der Waals surface area contributed by atoms with Crippen molar-refractivity contribution in [1.29, 1.82) is 0 Å². The molecule has 0 aliphatic carbocycles. The minimum atomic E-state index is -0.121. The Morgan fingerprint density at radius 3 is 3.11 bits per heavy atom. The summed E-state index contributed by atoms with van der Waals surface area (Å²) in [6.07, 6.45) is 0.809. The van der Waals surface area contributed by atoms with Crippen molar-refractivity contribution in [2.75, 3.05) is 20.3 Å². The summed E-state index contributed by atoms with van der Waals surface area (Å²) in [5.74, 6) is -0.121. The number of nitrogens with zero attached hydrogens (tertiary/aromatic N) is 1. The second-order valence-electron chi connectivity index (χ2n) is 3.65. The molecule has 0 aromatic carbocycles. The maximum Gasteiger partial charge on any atom is 0.270 e. The summed E-state index contributed by atoms with van der Waals surface area (Å²) in [6.45, 7) is 1.26. The van der Waals surface area contributed by atoms with Crippen LogP contribution in [0.3, 0.4) is 0 Å². The van der Waals surface area contributed by atoms with Gasteiger partial charge in [-0.2, -0.15) is 11.3 Å². The zero-order valence-electron chi connectivity index (χ0n) is 10.0. The molecule has 0 atom stereocenters. The van der Waals surface area contributed by atoms with Crippen molar-refractivity contribution in [2.24, 2.45) is 0 Å². The lowest BCUT2D eigenvalue weighted by atomic mass is 10.3. The van der Waals surface area contributed by atoms with Gasteiger partial charge in [-0.1, -0.05) is 0 Å². The van der Waals surface area contributed by atoms with Crippen LogP contribution < -0.4 is 5.32 Å². The lowest BCUT2D eigenvalue weighted by Crippen LogP contribution is -2.25. The average molecular weight is 282 g/mol. The summed E-state index contributed by atoms with van der Waals surface area (Å²) in [5.41, 5.74) is 1.56. The van der Waals surface area contributed by atoms with Gasteiger partial charge in [0.2, 0.25) is 0 Å². The highest BCUT2D eigenvalue weighted by atomic mass is 32.1. The number of thiophene rings is 1. The molecule has 0 saturated carbocycles. The largest absolute Gasteiger partial charge is 0.385 e. The zero-order chi connectivity index (χ0) is 12.8. The molecule has 2 heterocycles. The average Bonchev–Trinajstić information content (AvgIpc) is 3.03. The van der Waals surface area contributed by atoms with Crippen molar-refractivity contribution in [2.45, 2.75) is 6.42 Å². The van der Waals surface area contributed by atoms with Crippen LogP contribution in [0.4, 0.5) is 0 Å². The number of methoxy groups -OCH3 is 1. The molecule has 1 amide bonds. The van der Waals surface area contributed by atoms with Crippen molar-refractivity contribution >= 4 is 28.6 Å². The van der Waals surface area contributed by atoms with Crippen molar-refractivity contribution < 1.29 is 9.53 Å². The molecule has 0 fully saturated rings. The molecule has 0 spiro atoms. The maximum atomic E-state index is 11.8. The monoisotopic (exact) mass is 282 g/mol. The predicted octanol–water partition coefficient (Wildman–Crippen LogP) is 2.64. The van der Waals surface area contributed by atoms with E-state index in [1.807, 2.05) is 16.8 Å². The van der Waals surface area contributed by atoms with Gasteiger partial charge in [-0.25, -0.2) is 4.98 Å². The second-order valence-corrected chi connectivity index (χ2v) is 5.29. The minimum absolute atomic E-state index is 0.121. The van der Waals surface area contributed by atoms with E-state index in [9.17, 15) is 4.79 Å². The normalized spacial score (nSPS) is 10.5. The molecule has 1 N–H and O–H groups in total. The topological polar surface area (TPSA) is 51.2 Å². The summed E-state index contributed by atoms with van der Waals surface area (Å²) in [5, 5.41) is 9.53. The van der Waals surface area contributed by atoms with E-state index in [0.29, 0.717) is 18.8 Å². The fourth-order valence-corrected chi connectivity index (χ4v) is 2.92. The molecule has 6 heteroatoms. The highest BCUT2D eigenvalue weighted by molar-refractivity contribution is 7.14. The lowest BCUT2D eigenvalue weighted by Gasteiger charge is -2.01. The minimum Gasteiger partial charge on any atom is -0.385 e. The van der Waals surface area contributed by atoms with Crippen LogP contribution in [-0.2, 0) is 4.74 Å². The van der Waals surface area contributed by atoms with E-state index in [1.54, 1.807) is 23.8 Å². The molecule has 0 saturated heterocycles. The highest BCUT2D eigenvalue weighted by Crippen LogP contribution is 2.25. The number of thiazole rings is 1. The number of carbonyl (C=O) groups excluding carboxylic acids is 1. The molecule has 18 heavy (non-hydrogen) atoms. The first-order valence-electron chi connectivity index (χ1n) is 5.56. The van der Waals surface area contributed by atoms with Gasteiger partial charge in [0.25, 0.3) is 5.91 Å². The number of nitrogens with one attached hydrogen (secondary N) is 1. The van der Waals surface area contributed by atoms with Gasteiger partial charge < -0.3 is 10.1 Å². The van der Waals surface area contributed by atoms with E-state index in [2.05, 4.69) is 10.3 Å². The van der Waals surface area contributed by atoms with Gasteiger partial charge in [-0.3, -0.25) is 4.79 Å². The Labute approximate surface area is 114 Å². The Morgan fingerprint density at radius 2 is 2.39 bits per heavy atom. The number of rotatable bonds is 6. The first-order valence-corrected chi connectivity index (χ1v) is 7.38. The molecule has 4 nitrogen and oxygen atoms in total. The van der Waals surface area contributed by atoms with Crippen LogP contribution >= 0.6 is 22.7 Å². The van der Waals surface area contributed by atoms with Crippen molar-refractivity contribution in [3.63, 3.8) is 0 Å². The quantitative estimate of drug-likeness (QED) is 0.829. The Kier molecular flexibility index (Phi) is 4.86. The SMILES string of the molecule is COCCCNC(=O)c1csc(-c2ccsc2)n1. The Morgan fingerprint density at radius 1 is 1.50 bits per heavy atom. The number of hydrogen-bond donors (Lipinski definition) is 1. The fraction of sp³-hybridized carbons (Fsp3) is 0.333. The zero-order valence-corrected chi connectivity index (χ0v) is 11.6. The van der Waals surface area contributed by atoms with E-state index in [0.717, 1.165) is 17.0 Å². The van der Waals surface area contributed by atoms with Gasteiger partial charge in [0.15, 0.2) is 0 Å². The van der Waals surface area contributed by atoms with Crippen LogP contribution in [0, 0.1) is 0 Å². The molecule has 2 aromatic rings. The van der Waals surface area contributed by atoms with Crippen LogP contribution in [-0.4, -0.2) is 31.2 Å². The third-order valence-electron chi connectivity index (χ3n) is 2.32. The molecule has 2 aromatic heterocycles. The molecular formula is C12H14N2O2S2. The molecule has 0 unspecified atom stereocenters. The Hall–Kier alpha value is -1.24. The van der Waals surface area contributed by atoms with Crippen LogP contribution in [0.2, 0.25) is 0 Å². The Balaban J connectivity index is 1.91. The molecule has 0 radical (unpaired) electrons. The Bertz CT molecular complexity index is 494. The molecule has 96 valence electrons. The highest BCUT2D eigenvalue weighted by Gasteiger charge is 2.11. The molecule has 0 bridgehead atoms. The van der Waals surface area contributed by atoms with Gasteiger partial charge in [0.1, 0.15) is 10.7 Å². The summed E-state index contributed by atoms with van der Waals surface area (Å²) in [6, 6.07) is 2.00. The molecular weight excluding hydrogens is 268 g/mol. The number of ether oxygens (including phenoxy) is 1. The van der Waals surface area contributed by atoms with Gasteiger partial charge in [0.05, 0.1) is 0 Å². The summed E-state index contributed by atoms with van der Waals surface area (Å²) >= 11 is 3.11. The molecule has 2 rings (SSSR count). The maximum absolute atomic E-state index is 11.8. The first-order chi connectivity index (χ1) is 8.81. The van der Waals surface area contributed by atoms with Crippen molar-refractivity contribution in [3.05, 3.63) is 27.9 Å². The van der Waals surface area contributed by atoms with Crippen LogP contribution in [0.25, 0.3) is 10.6 Å². The fourth-order valence-electron chi connectivity index (χ4n) is 1.41. The van der Waals surface area contributed by atoms with Gasteiger partial charge in [0, 0.05) is 36.6 Å². The second kappa shape index (κ2) is 6.63. The van der Waals surface area contributed by atoms with E-state index in [4.69, 9.17) is 4.74 Å². The van der Waals surface area contributed by atoms with E-state index in [-0.39, 0.29) is 5.91 Å². The third kappa shape index (κ3) is 3.38. The number of hydrogen-bond acceptors (Lipinski definition) is 5. The summed E-state index contributed by atoms with van der Waals surface area (Å²) in [4.78, 5) is 16.1. The van der Waals surface area contributed by atoms with Gasteiger partial charge >= 0.3 is 0 Å². The van der Waals surface area contributed by atoms with Gasteiger partial charge in [-0.05, 0) is 17.9 Å². The number of carbonyl (C=O) groups is 1. The van der Waals surface area contributed by atoms with E-state index >= 15 is 0 Å². The number of amides is 1. The van der Waals surface area contributed by atoms with Gasteiger partial charge in [-0.15, -0.1) is 11.3 Å². The van der Waals surface area contributed by atoms with Crippen molar-refractivity contribution in [1.82, 2.24) is 10.3 Å². The van der Waals surface area contributed by atoms with Crippen LogP contribution in [0.15, 0.2) is 22.2 Å². The molecule has 0 aliphatic heterocycles. The standard InChI is InChI=1S/C12H14N2O2S2/c1-16-5-2-4-13-11(15)10-8-18-12(14-10)9-3-6-17-7-9/h3,6-8H,2,4-5H2,1H3,(H,13,15). The smallest absolute Gasteiger partial charge is 0.270 e. The van der Waals surface area contributed by atoms with Crippen LogP contribution in [0.5, 0.6) is 0 Å². The first kappa shape index (κ1) is 13.2.